The molecular weight excluding hydrogens is 624 g/mol. The number of alkyl halides is 1. The Labute approximate surface area is 249 Å². The minimum absolute atomic E-state index is 0.588. The van der Waals surface area contributed by atoms with Crippen LogP contribution in [-0.4, -0.2) is 95.9 Å². The molecular formula is C23H35FN3O16P. The smallest absolute Gasteiger partial charge is 0.455 e. The van der Waals surface area contributed by atoms with Crippen LogP contribution in [0.25, 0.3) is 0 Å². The van der Waals surface area contributed by atoms with Gasteiger partial charge in [0.25, 0.3) is 5.56 Å². The van der Waals surface area contributed by atoms with Crippen molar-refractivity contribution in [1.29, 1.82) is 0 Å². The number of nitrogens with one attached hydrogen (secondary N) is 1. The van der Waals surface area contributed by atoms with Gasteiger partial charge in [-0.05, 0) is 34.6 Å². The molecule has 19 nitrogen and oxygen atoms in total. The fourth-order valence-corrected chi connectivity index (χ4v) is 4.67. The number of rotatable bonds is 15. The molecule has 0 spiro atoms. The van der Waals surface area contributed by atoms with Gasteiger partial charge in [0, 0.05) is 12.3 Å². The molecule has 44 heavy (non-hydrogen) atoms. The molecule has 0 aromatic carbocycles. The summed E-state index contributed by atoms with van der Waals surface area (Å²) in [4.78, 5) is 61.5. The van der Waals surface area contributed by atoms with Crippen molar-refractivity contribution in [2.45, 2.75) is 70.4 Å². The number of aliphatic hydroxyl groups is 1. The SMILES string of the molecule is CC(C)OC(=O)OCOP(=O)(OCOC(=O)OC(C)C)OC[C@@]1(CF)O[C@@H](n2ccc(=O)[nH]c2=O)[C@](C)(O)[C@@H]1OC(=O)CN. The number of halogens is 1. The number of aromatic amines is 1. The normalized spacial score (nSPS) is 23.4. The molecule has 1 fully saturated rings. The number of phosphoric acid groups is 1. The number of nitrogens with zero attached hydrogens (tertiary/aromatic N) is 1. The third kappa shape index (κ3) is 9.81. The zero-order valence-electron chi connectivity index (χ0n) is 24.4. The Morgan fingerprint density at radius 2 is 1.64 bits per heavy atom. The summed E-state index contributed by atoms with van der Waals surface area (Å²) in [5, 5.41) is 11.4. The first-order valence-electron chi connectivity index (χ1n) is 12.9. The van der Waals surface area contributed by atoms with E-state index in [1.165, 1.54) is 27.7 Å². The molecule has 0 radical (unpaired) electrons. The van der Waals surface area contributed by atoms with Crippen LogP contribution in [-0.2, 0) is 51.4 Å². The number of carbonyl (C=O) groups excluding carboxylic acids is 3. The lowest BCUT2D eigenvalue weighted by atomic mass is 9.88. The van der Waals surface area contributed by atoms with E-state index >= 15 is 0 Å². The van der Waals surface area contributed by atoms with Crippen LogP contribution in [0, 0.1) is 0 Å². The second-order valence-electron chi connectivity index (χ2n) is 9.82. The highest BCUT2D eigenvalue weighted by Gasteiger charge is 2.65. The topological polar surface area (TPSA) is 252 Å². The van der Waals surface area contributed by atoms with E-state index in [-0.39, 0.29) is 0 Å². The predicted molar refractivity (Wildman–Crippen MR) is 141 cm³/mol. The molecule has 0 saturated carbocycles. The third-order valence-electron chi connectivity index (χ3n) is 5.51. The summed E-state index contributed by atoms with van der Waals surface area (Å²) in [7, 11) is -5.00. The highest BCUT2D eigenvalue weighted by atomic mass is 31.2. The van der Waals surface area contributed by atoms with Crippen molar-refractivity contribution in [2.24, 2.45) is 5.73 Å². The van der Waals surface area contributed by atoms with Crippen LogP contribution in [0.4, 0.5) is 14.0 Å². The second-order valence-corrected chi connectivity index (χ2v) is 11.5. The maximum atomic E-state index is 14.9. The van der Waals surface area contributed by atoms with Gasteiger partial charge in [-0.25, -0.2) is 32.4 Å². The van der Waals surface area contributed by atoms with Crippen molar-refractivity contribution in [1.82, 2.24) is 9.55 Å². The molecule has 4 N–H and O–H groups in total. The van der Waals surface area contributed by atoms with E-state index in [0.717, 1.165) is 19.2 Å². The van der Waals surface area contributed by atoms with Gasteiger partial charge in [0.15, 0.2) is 17.9 Å². The highest BCUT2D eigenvalue weighted by molar-refractivity contribution is 7.48. The Kier molecular flexibility index (Phi) is 13.0. The summed E-state index contributed by atoms with van der Waals surface area (Å²) in [6.07, 6.45) is -6.54. The number of aromatic nitrogens is 2. The van der Waals surface area contributed by atoms with Crippen LogP contribution in [0.5, 0.6) is 0 Å². The van der Waals surface area contributed by atoms with Crippen molar-refractivity contribution < 1.29 is 70.4 Å². The van der Waals surface area contributed by atoms with Crippen molar-refractivity contribution >= 4 is 26.1 Å². The summed E-state index contributed by atoms with van der Waals surface area (Å²) < 4.78 is 73.6. The van der Waals surface area contributed by atoms with Crippen molar-refractivity contribution in [3.05, 3.63) is 33.1 Å². The van der Waals surface area contributed by atoms with Gasteiger partial charge in [-0.3, -0.25) is 23.7 Å². The summed E-state index contributed by atoms with van der Waals surface area (Å²) in [6, 6.07) is 0.901. The average Bonchev–Trinajstić information content (AvgIpc) is 3.13. The van der Waals surface area contributed by atoms with Gasteiger partial charge in [0.1, 0.15) is 12.3 Å². The Morgan fingerprint density at radius 3 is 2.09 bits per heavy atom. The molecule has 250 valence electrons. The summed E-state index contributed by atoms with van der Waals surface area (Å²) in [5.41, 5.74) is -1.53. The van der Waals surface area contributed by atoms with Crippen LogP contribution < -0.4 is 17.0 Å². The fourth-order valence-electron chi connectivity index (χ4n) is 3.70. The minimum Gasteiger partial charge on any atom is -0.455 e. The summed E-state index contributed by atoms with van der Waals surface area (Å²) in [5.74, 6) is -1.14. The first kappa shape index (κ1) is 36.8. The average molecular weight is 660 g/mol. The molecule has 4 atom stereocenters. The molecule has 0 amide bonds. The highest BCUT2D eigenvalue weighted by Crippen LogP contribution is 2.53. The van der Waals surface area contributed by atoms with E-state index < -0.39 is 107 Å². The van der Waals surface area contributed by atoms with Gasteiger partial charge >= 0.3 is 31.8 Å². The number of carbonyl (C=O) groups is 3. The first-order chi connectivity index (χ1) is 20.5. The van der Waals surface area contributed by atoms with Gasteiger partial charge in [0.2, 0.25) is 13.6 Å². The lowest BCUT2D eigenvalue weighted by Gasteiger charge is -2.34. The molecule has 21 heteroatoms. The molecule has 2 rings (SSSR count). The monoisotopic (exact) mass is 659 g/mol. The lowest BCUT2D eigenvalue weighted by Crippen LogP contribution is -2.56. The molecule has 0 aliphatic carbocycles. The lowest BCUT2D eigenvalue weighted by molar-refractivity contribution is -0.174. The number of hydrogen-bond acceptors (Lipinski definition) is 17. The minimum atomic E-state index is -5.00. The molecule has 1 aliphatic heterocycles. The Bertz CT molecular complexity index is 1280. The quantitative estimate of drug-likeness (QED) is 0.101. The zero-order valence-corrected chi connectivity index (χ0v) is 25.3. The number of hydrogen-bond donors (Lipinski definition) is 3. The van der Waals surface area contributed by atoms with Crippen LogP contribution in [0.3, 0.4) is 0 Å². The number of phosphoric ester groups is 1. The van der Waals surface area contributed by atoms with E-state index in [4.69, 9.17) is 38.3 Å². The fraction of sp³-hybridized carbons (Fsp3) is 0.696. The van der Waals surface area contributed by atoms with Gasteiger partial charge in [0.05, 0.1) is 25.4 Å². The Morgan fingerprint density at radius 1 is 1.09 bits per heavy atom. The van der Waals surface area contributed by atoms with E-state index in [1.54, 1.807) is 0 Å². The van der Waals surface area contributed by atoms with Crippen molar-refractivity contribution in [3.63, 3.8) is 0 Å². The Balaban J connectivity index is 2.39. The molecule has 0 unspecified atom stereocenters. The largest absolute Gasteiger partial charge is 0.510 e. The van der Waals surface area contributed by atoms with Crippen molar-refractivity contribution in [2.75, 3.05) is 33.4 Å². The third-order valence-corrected chi connectivity index (χ3v) is 6.80. The van der Waals surface area contributed by atoms with Crippen molar-refractivity contribution in [3.8, 4) is 0 Å². The number of esters is 1. The van der Waals surface area contributed by atoms with Crippen LogP contribution in [0.15, 0.2) is 21.9 Å². The van der Waals surface area contributed by atoms with Crippen LogP contribution in [0.2, 0.25) is 0 Å². The molecule has 0 bridgehead atoms. The predicted octanol–water partition coefficient (Wildman–Crippen LogP) is 0.591. The van der Waals surface area contributed by atoms with Gasteiger partial charge in [-0.15, -0.1) is 0 Å². The van der Waals surface area contributed by atoms with Crippen LogP contribution in [0.1, 0.15) is 40.8 Å². The number of H-pyrrole nitrogens is 1. The van der Waals surface area contributed by atoms with E-state index in [2.05, 4.69) is 9.47 Å². The van der Waals surface area contributed by atoms with Crippen LogP contribution >= 0.6 is 7.82 Å². The first-order valence-corrected chi connectivity index (χ1v) is 14.3. The standard InChI is InChI=1S/C23H35FN3O16P/c1-13(2)40-20(31)35-11-38-44(34,39-12-36-21(32)41-14(3)4)37-10-23(9-24)17(42-16(29)8-25)22(5,33)18(43-23)27-7-6-15(28)26-19(27)30/h6-7,13-14,17-18,33H,8-12,25H2,1-5H3,(H,26,28,30)/t17-,18+,22+,23+/m0/s1. The zero-order chi connectivity index (χ0) is 33.3. The maximum Gasteiger partial charge on any atom is 0.510 e. The van der Waals surface area contributed by atoms with Gasteiger partial charge in [-0.1, -0.05) is 0 Å². The molecule has 1 saturated heterocycles. The second kappa shape index (κ2) is 15.6. The number of nitrogens with two attached hydrogens (primary N) is 1. The number of ether oxygens (including phenoxy) is 6. The molecule has 1 aliphatic rings. The molecule has 1 aromatic heterocycles. The molecule has 2 heterocycles. The maximum absolute atomic E-state index is 14.9. The summed E-state index contributed by atoms with van der Waals surface area (Å²) in [6.45, 7) is 1.33. The van der Waals surface area contributed by atoms with E-state index in [0.29, 0.717) is 4.57 Å². The van der Waals surface area contributed by atoms with E-state index in [1.807, 2.05) is 4.98 Å². The van der Waals surface area contributed by atoms with Gasteiger partial charge < -0.3 is 39.3 Å². The Hall–Kier alpha value is -3.39. The van der Waals surface area contributed by atoms with Gasteiger partial charge in [-0.2, -0.15) is 0 Å². The van der Waals surface area contributed by atoms with E-state index in [9.17, 15) is 38.0 Å². The molecule has 1 aromatic rings. The summed E-state index contributed by atoms with van der Waals surface area (Å²) >= 11 is 0.